The Morgan fingerprint density at radius 1 is 1.35 bits per heavy atom. The predicted octanol–water partition coefficient (Wildman–Crippen LogP) is 1.74. The summed E-state index contributed by atoms with van der Waals surface area (Å²) in [5, 5.41) is 6.86. The van der Waals surface area contributed by atoms with Gasteiger partial charge in [0.2, 0.25) is 0 Å². The summed E-state index contributed by atoms with van der Waals surface area (Å²) in [6.07, 6.45) is 1.97. The number of halogens is 1. The fraction of sp³-hybridized carbons (Fsp3) is 0.632. The second-order valence-electron chi connectivity index (χ2n) is 6.86. The van der Waals surface area contributed by atoms with E-state index in [1.807, 2.05) is 17.8 Å². The Hall–Kier alpha value is -1.31. The highest BCUT2D eigenvalue weighted by Crippen LogP contribution is 2.33. The molecule has 2 heterocycles. The lowest BCUT2D eigenvalue weighted by Gasteiger charge is -2.43. The van der Waals surface area contributed by atoms with Gasteiger partial charge in [-0.15, -0.1) is 0 Å². The Morgan fingerprint density at radius 3 is 2.88 bits per heavy atom. The van der Waals surface area contributed by atoms with E-state index in [0.717, 1.165) is 63.1 Å². The summed E-state index contributed by atoms with van der Waals surface area (Å²) in [7, 11) is 1.79. The van der Waals surface area contributed by atoms with Crippen molar-refractivity contribution in [2.24, 2.45) is 4.99 Å². The highest BCUT2D eigenvalue weighted by molar-refractivity contribution is 7.99. The van der Waals surface area contributed by atoms with Crippen LogP contribution in [0.3, 0.4) is 0 Å². The van der Waals surface area contributed by atoms with E-state index in [1.54, 1.807) is 19.2 Å². The Labute approximate surface area is 159 Å². The van der Waals surface area contributed by atoms with Gasteiger partial charge in [0.1, 0.15) is 5.82 Å². The van der Waals surface area contributed by atoms with E-state index < -0.39 is 0 Å². The maximum atomic E-state index is 13.3. The molecule has 7 heteroatoms. The summed E-state index contributed by atoms with van der Waals surface area (Å²) in [6.45, 7) is 5.28. The van der Waals surface area contributed by atoms with Crippen molar-refractivity contribution in [3.8, 4) is 0 Å². The molecule has 0 spiro atoms. The molecular weight excluding hydrogens is 351 g/mol. The first-order valence-electron chi connectivity index (χ1n) is 9.31. The number of benzene rings is 1. The quantitative estimate of drug-likeness (QED) is 0.582. The van der Waals surface area contributed by atoms with Gasteiger partial charge in [0.15, 0.2) is 5.96 Å². The van der Waals surface area contributed by atoms with Crippen LogP contribution in [0.15, 0.2) is 29.3 Å². The second kappa shape index (κ2) is 9.58. The van der Waals surface area contributed by atoms with Crippen molar-refractivity contribution in [3.63, 3.8) is 0 Å². The van der Waals surface area contributed by atoms with Gasteiger partial charge < -0.3 is 15.4 Å². The second-order valence-corrected chi connectivity index (χ2v) is 7.96. The molecule has 1 unspecified atom stereocenters. The van der Waals surface area contributed by atoms with Crippen LogP contribution < -0.4 is 10.6 Å². The molecule has 5 nitrogen and oxygen atoms in total. The van der Waals surface area contributed by atoms with E-state index in [9.17, 15) is 4.39 Å². The third-order valence-corrected chi connectivity index (χ3v) is 6.40. The molecule has 2 N–H and O–H groups in total. The molecule has 26 heavy (non-hydrogen) atoms. The van der Waals surface area contributed by atoms with E-state index in [0.29, 0.717) is 0 Å². The fourth-order valence-electron chi connectivity index (χ4n) is 3.62. The summed E-state index contributed by atoms with van der Waals surface area (Å²) in [6, 6.07) is 6.76. The van der Waals surface area contributed by atoms with Crippen molar-refractivity contribution in [2.45, 2.75) is 18.4 Å². The molecule has 0 radical (unpaired) electrons. The average molecular weight is 381 g/mol. The molecule has 0 amide bonds. The van der Waals surface area contributed by atoms with Gasteiger partial charge in [0.05, 0.1) is 13.2 Å². The molecule has 1 aromatic carbocycles. The topological polar surface area (TPSA) is 48.9 Å². The van der Waals surface area contributed by atoms with Crippen molar-refractivity contribution >= 4 is 17.7 Å². The van der Waals surface area contributed by atoms with E-state index in [1.165, 1.54) is 18.2 Å². The minimum Gasteiger partial charge on any atom is -0.379 e. The number of thioether (sulfide) groups is 1. The minimum absolute atomic E-state index is 0.184. The Balaban J connectivity index is 1.49. The van der Waals surface area contributed by atoms with Gasteiger partial charge in [-0.3, -0.25) is 9.89 Å². The lowest BCUT2D eigenvalue weighted by atomic mass is 9.95. The van der Waals surface area contributed by atoms with Crippen molar-refractivity contribution in [2.75, 3.05) is 57.9 Å². The van der Waals surface area contributed by atoms with Crippen LogP contribution in [0.2, 0.25) is 0 Å². The highest BCUT2D eigenvalue weighted by Gasteiger charge is 2.40. The van der Waals surface area contributed by atoms with E-state index in [2.05, 4.69) is 20.5 Å². The molecule has 2 saturated heterocycles. The maximum Gasteiger partial charge on any atom is 0.191 e. The largest absolute Gasteiger partial charge is 0.379 e. The fourth-order valence-corrected chi connectivity index (χ4v) is 5.10. The van der Waals surface area contributed by atoms with Crippen LogP contribution in [0.5, 0.6) is 0 Å². The molecular formula is C19H29FN4OS. The highest BCUT2D eigenvalue weighted by atomic mass is 32.2. The van der Waals surface area contributed by atoms with Gasteiger partial charge in [-0.05, 0) is 36.3 Å². The van der Waals surface area contributed by atoms with E-state index in [-0.39, 0.29) is 11.4 Å². The molecule has 3 rings (SSSR count). The number of hydrogen-bond donors (Lipinski definition) is 2. The molecule has 2 aliphatic rings. The summed E-state index contributed by atoms with van der Waals surface area (Å²) in [5.41, 5.74) is 1.18. The van der Waals surface area contributed by atoms with Crippen LogP contribution >= 0.6 is 11.8 Å². The van der Waals surface area contributed by atoms with Gasteiger partial charge in [0, 0.05) is 44.5 Å². The molecule has 2 fully saturated rings. The molecule has 1 atom stereocenters. The van der Waals surface area contributed by atoms with Crippen LogP contribution in [0.25, 0.3) is 0 Å². The zero-order valence-corrected chi connectivity index (χ0v) is 16.3. The standard InChI is InChI=1S/C19H29FN4OS/c1-21-18(22-7-5-16-3-2-4-17(20)13-16)23-14-19(6-12-26-15-19)24-8-10-25-11-9-24/h2-4,13H,5-12,14-15H2,1H3,(H2,21,22,23). The number of guanidine groups is 1. The summed E-state index contributed by atoms with van der Waals surface area (Å²) >= 11 is 2.03. The average Bonchev–Trinajstić information content (AvgIpc) is 3.15. The molecule has 0 aliphatic carbocycles. The molecule has 1 aromatic rings. The third kappa shape index (κ3) is 5.11. The van der Waals surface area contributed by atoms with Crippen molar-refractivity contribution in [1.29, 1.82) is 0 Å². The lowest BCUT2D eigenvalue weighted by molar-refractivity contribution is -0.0120. The van der Waals surface area contributed by atoms with Crippen LogP contribution in [-0.4, -0.2) is 74.3 Å². The number of ether oxygens (including phenoxy) is 1. The smallest absolute Gasteiger partial charge is 0.191 e. The first kappa shape index (κ1) is 19.5. The predicted molar refractivity (Wildman–Crippen MR) is 107 cm³/mol. The van der Waals surface area contributed by atoms with Crippen LogP contribution in [0.4, 0.5) is 4.39 Å². The number of hydrogen-bond acceptors (Lipinski definition) is 4. The Morgan fingerprint density at radius 2 is 2.19 bits per heavy atom. The molecule has 2 aliphatic heterocycles. The third-order valence-electron chi connectivity index (χ3n) is 5.17. The first-order valence-corrected chi connectivity index (χ1v) is 10.5. The van der Waals surface area contributed by atoms with Crippen LogP contribution in [0.1, 0.15) is 12.0 Å². The van der Waals surface area contributed by atoms with E-state index >= 15 is 0 Å². The van der Waals surface area contributed by atoms with Crippen LogP contribution in [0, 0.1) is 5.82 Å². The SMILES string of the molecule is CN=C(NCCc1cccc(F)c1)NCC1(N2CCOCC2)CCSC1. The summed E-state index contributed by atoms with van der Waals surface area (Å²) in [4.78, 5) is 6.93. The number of nitrogens with zero attached hydrogens (tertiary/aromatic N) is 2. The Bertz CT molecular complexity index is 601. The monoisotopic (exact) mass is 380 g/mol. The number of morpholine rings is 1. The normalized spacial score (nSPS) is 24.6. The van der Waals surface area contributed by atoms with Gasteiger partial charge in [0.25, 0.3) is 0 Å². The van der Waals surface area contributed by atoms with E-state index in [4.69, 9.17) is 4.74 Å². The lowest BCUT2D eigenvalue weighted by Crippen LogP contribution is -2.60. The van der Waals surface area contributed by atoms with Crippen molar-refractivity contribution < 1.29 is 9.13 Å². The zero-order valence-electron chi connectivity index (χ0n) is 15.5. The van der Waals surface area contributed by atoms with Gasteiger partial charge >= 0.3 is 0 Å². The van der Waals surface area contributed by atoms with Crippen molar-refractivity contribution in [1.82, 2.24) is 15.5 Å². The van der Waals surface area contributed by atoms with Crippen LogP contribution in [-0.2, 0) is 11.2 Å². The Kier molecular flexibility index (Phi) is 7.16. The number of rotatable bonds is 6. The first-order chi connectivity index (χ1) is 12.7. The molecule has 0 bridgehead atoms. The van der Waals surface area contributed by atoms with Gasteiger partial charge in [-0.2, -0.15) is 11.8 Å². The molecule has 144 valence electrons. The summed E-state index contributed by atoms with van der Waals surface area (Å²) < 4.78 is 18.8. The number of aliphatic imine (C=N–C) groups is 1. The number of nitrogens with one attached hydrogen (secondary N) is 2. The van der Waals surface area contributed by atoms with Gasteiger partial charge in [-0.25, -0.2) is 4.39 Å². The summed E-state index contributed by atoms with van der Waals surface area (Å²) in [5.74, 6) is 2.99. The minimum atomic E-state index is -0.184. The van der Waals surface area contributed by atoms with Crippen molar-refractivity contribution in [3.05, 3.63) is 35.6 Å². The molecule has 0 saturated carbocycles. The zero-order chi connectivity index (χ0) is 18.2. The molecule has 0 aromatic heterocycles. The van der Waals surface area contributed by atoms with Gasteiger partial charge in [-0.1, -0.05) is 12.1 Å². The maximum absolute atomic E-state index is 13.3.